The molecule has 2 aromatic carbocycles. The number of phenolic OH excluding ortho intramolecular Hbond substituents is 1. The van der Waals surface area contributed by atoms with Gasteiger partial charge in [0.05, 0.1) is 21.8 Å². The fraction of sp³-hybridized carbons (Fsp3) is 0.200. The molecule has 1 atom stereocenters. The van der Waals surface area contributed by atoms with E-state index >= 15 is 0 Å². The van der Waals surface area contributed by atoms with Crippen molar-refractivity contribution in [2.75, 3.05) is 11.9 Å². The fourth-order valence-electron chi connectivity index (χ4n) is 3.04. The quantitative estimate of drug-likeness (QED) is 0.329. The van der Waals surface area contributed by atoms with Crippen molar-refractivity contribution in [3.8, 4) is 11.5 Å². The van der Waals surface area contributed by atoms with Crippen molar-refractivity contribution in [3.63, 3.8) is 0 Å². The molecule has 0 spiro atoms. The summed E-state index contributed by atoms with van der Waals surface area (Å²) in [6.45, 7) is 4.04. The maximum atomic E-state index is 13.1. The van der Waals surface area contributed by atoms with Crippen LogP contribution in [0.15, 0.2) is 47.7 Å². The average Bonchev–Trinajstić information content (AvgIpc) is 2.64. The molecule has 0 aliphatic carbocycles. The first-order chi connectivity index (χ1) is 13.8. The number of thiocarbonyl (C=S) groups is 1. The van der Waals surface area contributed by atoms with E-state index in [9.17, 15) is 9.90 Å². The van der Waals surface area contributed by atoms with E-state index < -0.39 is 6.04 Å². The minimum Gasteiger partial charge on any atom is -0.504 e. The molecule has 0 aromatic heterocycles. The largest absolute Gasteiger partial charge is 0.504 e. The third-order valence-electron chi connectivity index (χ3n) is 4.28. The lowest BCUT2D eigenvalue weighted by atomic mass is 9.94. The van der Waals surface area contributed by atoms with Gasteiger partial charge in [-0.15, -0.1) is 0 Å². The number of nitrogens with one attached hydrogen (secondary N) is 3. The van der Waals surface area contributed by atoms with Gasteiger partial charge in [0.25, 0.3) is 5.91 Å². The highest BCUT2D eigenvalue weighted by atomic mass is 127. The normalized spacial score (nSPS) is 16.1. The Labute approximate surface area is 192 Å². The lowest BCUT2D eigenvalue weighted by molar-refractivity contribution is -0.113. The number of aromatic hydroxyl groups is 1. The molecule has 3 rings (SSSR count). The summed E-state index contributed by atoms with van der Waals surface area (Å²) < 4.78 is 6.16. The number of amides is 1. The smallest absolute Gasteiger partial charge is 0.255 e. The molecule has 4 N–H and O–H groups in total. The molecule has 2 aromatic rings. The SMILES string of the molecule is CCOc1cc([C@H]2NC(=S)NC(C)=C2C(=O)Nc2cccc(Cl)c2)cc(I)c1O. The van der Waals surface area contributed by atoms with Crippen LogP contribution in [0.5, 0.6) is 11.5 Å². The maximum absolute atomic E-state index is 13.1. The van der Waals surface area contributed by atoms with E-state index in [2.05, 4.69) is 16.0 Å². The van der Waals surface area contributed by atoms with Gasteiger partial charge in [0, 0.05) is 16.4 Å². The van der Waals surface area contributed by atoms with Crippen molar-refractivity contribution in [1.82, 2.24) is 10.6 Å². The number of rotatable bonds is 5. The van der Waals surface area contributed by atoms with E-state index in [4.69, 9.17) is 28.6 Å². The molecule has 0 bridgehead atoms. The molecule has 1 amide bonds. The monoisotopic (exact) mass is 543 g/mol. The first kappa shape index (κ1) is 21.7. The molecular weight excluding hydrogens is 525 g/mol. The number of benzene rings is 2. The maximum Gasteiger partial charge on any atom is 0.255 e. The number of carbonyl (C=O) groups excluding carboxylic acids is 1. The van der Waals surface area contributed by atoms with Crippen LogP contribution in [0.25, 0.3) is 0 Å². The summed E-state index contributed by atoms with van der Waals surface area (Å²) in [6, 6.07) is 9.93. The van der Waals surface area contributed by atoms with Crippen LogP contribution >= 0.6 is 46.4 Å². The summed E-state index contributed by atoms with van der Waals surface area (Å²) in [6.07, 6.45) is 0. The number of anilines is 1. The Morgan fingerprint density at radius 2 is 2.14 bits per heavy atom. The van der Waals surface area contributed by atoms with Crippen LogP contribution in [0, 0.1) is 3.57 Å². The minimum atomic E-state index is -0.517. The molecule has 9 heteroatoms. The molecule has 29 heavy (non-hydrogen) atoms. The highest BCUT2D eigenvalue weighted by molar-refractivity contribution is 14.1. The van der Waals surface area contributed by atoms with Crippen molar-refractivity contribution in [3.05, 3.63) is 61.8 Å². The number of carbonyl (C=O) groups is 1. The molecule has 1 aliphatic rings. The number of hydrogen-bond acceptors (Lipinski definition) is 4. The summed E-state index contributed by atoms with van der Waals surface area (Å²) in [4.78, 5) is 13.1. The zero-order valence-electron chi connectivity index (χ0n) is 15.7. The van der Waals surface area contributed by atoms with Crippen LogP contribution in [0.2, 0.25) is 5.02 Å². The molecule has 0 fully saturated rings. The van der Waals surface area contributed by atoms with Crippen LogP contribution in [-0.4, -0.2) is 22.7 Å². The van der Waals surface area contributed by atoms with E-state index in [1.54, 1.807) is 43.3 Å². The van der Waals surface area contributed by atoms with Crippen molar-refractivity contribution in [1.29, 1.82) is 0 Å². The summed E-state index contributed by atoms with van der Waals surface area (Å²) in [7, 11) is 0. The minimum absolute atomic E-state index is 0.0679. The second kappa shape index (κ2) is 9.19. The first-order valence-corrected chi connectivity index (χ1v) is 10.7. The van der Waals surface area contributed by atoms with E-state index in [-0.39, 0.29) is 11.7 Å². The van der Waals surface area contributed by atoms with Crippen LogP contribution in [0.1, 0.15) is 25.5 Å². The highest BCUT2D eigenvalue weighted by Gasteiger charge is 2.31. The van der Waals surface area contributed by atoms with E-state index in [1.165, 1.54) is 0 Å². The molecule has 0 unspecified atom stereocenters. The van der Waals surface area contributed by atoms with Crippen LogP contribution in [-0.2, 0) is 4.79 Å². The summed E-state index contributed by atoms with van der Waals surface area (Å²) >= 11 is 13.4. The molecular formula is C20H19ClIN3O3S. The van der Waals surface area contributed by atoms with Gasteiger partial charge in [0.15, 0.2) is 16.6 Å². The number of allylic oxidation sites excluding steroid dienone is 1. The van der Waals surface area contributed by atoms with E-state index in [0.717, 1.165) is 5.56 Å². The Morgan fingerprint density at radius 3 is 2.83 bits per heavy atom. The summed E-state index contributed by atoms with van der Waals surface area (Å²) in [5, 5.41) is 20.2. The number of phenols is 1. The Bertz CT molecular complexity index is 1010. The van der Waals surface area contributed by atoms with Crippen LogP contribution in [0.4, 0.5) is 5.69 Å². The van der Waals surface area contributed by atoms with Crippen molar-refractivity contribution >= 4 is 63.1 Å². The molecule has 6 nitrogen and oxygen atoms in total. The van der Waals surface area contributed by atoms with Crippen molar-refractivity contribution in [2.24, 2.45) is 0 Å². The van der Waals surface area contributed by atoms with Gasteiger partial charge in [-0.1, -0.05) is 17.7 Å². The molecule has 0 saturated carbocycles. The molecule has 1 heterocycles. The Kier molecular flexibility index (Phi) is 6.86. The van der Waals surface area contributed by atoms with Gasteiger partial charge in [-0.2, -0.15) is 0 Å². The molecule has 0 saturated heterocycles. The molecule has 1 aliphatic heterocycles. The summed E-state index contributed by atoms with van der Waals surface area (Å²) in [5.41, 5.74) is 2.45. The van der Waals surface area contributed by atoms with Gasteiger partial charge < -0.3 is 25.8 Å². The Hall–Kier alpha value is -2.04. The van der Waals surface area contributed by atoms with Gasteiger partial charge in [-0.3, -0.25) is 4.79 Å². The topological polar surface area (TPSA) is 82.6 Å². The predicted molar refractivity (Wildman–Crippen MR) is 126 cm³/mol. The zero-order valence-corrected chi connectivity index (χ0v) is 19.4. The molecule has 152 valence electrons. The standard InChI is InChI=1S/C20H19ClIN3O3S/c1-3-28-15-8-11(7-14(22)18(15)26)17-16(10(2)23-20(29)25-17)19(27)24-13-6-4-5-12(21)9-13/h4-9,17,26H,3H2,1-2H3,(H,24,27)(H2,23,25,29)/t17-/m1/s1. The average molecular weight is 544 g/mol. The molecule has 0 radical (unpaired) electrons. The van der Waals surface area contributed by atoms with Crippen LogP contribution in [0.3, 0.4) is 0 Å². The van der Waals surface area contributed by atoms with Gasteiger partial charge >= 0.3 is 0 Å². The fourth-order valence-corrected chi connectivity index (χ4v) is 4.12. The van der Waals surface area contributed by atoms with E-state index in [1.807, 2.05) is 29.5 Å². The summed E-state index contributed by atoms with van der Waals surface area (Å²) in [5.74, 6) is 0.129. The first-order valence-electron chi connectivity index (χ1n) is 8.80. The van der Waals surface area contributed by atoms with Gasteiger partial charge in [-0.05, 0) is 84.6 Å². The van der Waals surface area contributed by atoms with E-state index in [0.29, 0.717) is 43.0 Å². The van der Waals surface area contributed by atoms with Gasteiger partial charge in [0.2, 0.25) is 0 Å². The third kappa shape index (κ3) is 4.93. The lowest BCUT2D eigenvalue weighted by Crippen LogP contribution is -2.45. The van der Waals surface area contributed by atoms with Gasteiger partial charge in [0.1, 0.15) is 0 Å². The van der Waals surface area contributed by atoms with Crippen molar-refractivity contribution in [2.45, 2.75) is 19.9 Å². The zero-order chi connectivity index (χ0) is 21.1. The Morgan fingerprint density at radius 1 is 1.38 bits per heavy atom. The van der Waals surface area contributed by atoms with Gasteiger partial charge in [-0.25, -0.2) is 0 Å². The number of hydrogen-bond donors (Lipinski definition) is 4. The third-order valence-corrected chi connectivity index (χ3v) is 5.56. The number of halogens is 2. The predicted octanol–water partition coefficient (Wildman–Crippen LogP) is 4.48. The number of ether oxygens (including phenoxy) is 1. The van der Waals surface area contributed by atoms with Crippen LogP contribution < -0.4 is 20.7 Å². The second-order valence-corrected chi connectivity index (χ2v) is 8.32. The lowest BCUT2D eigenvalue weighted by Gasteiger charge is -2.30. The Balaban J connectivity index is 2.01. The van der Waals surface area contributed by atoms with Crippen molar-refractivity contribution < 1.29 is 14.6 Å². The highest BCUT2D eigenvalue weighted by Crippen LogP contribution is 2.37. The second-order valence-electron chi connectivity index (χ2n) is 6.32.